The van der Waals surface area contributed by atoms with Crippen LogP contribution < -0.4 is 5.32 Å². The number of carbonyl (C=O) groups is 2. The summed E-state index contributed by atoms with van der Waals surface area (Å²) in [5.41, 5.74) is 1.92. The SMILES string of the molecule is Cc1cc(C)n(C(C)CC(=O)Nc2ccn(CC(=O)O)n2)n1. The maximum absolute atomic E-state index is 12.0. The second kappa shape index (κ2) is 6.42. The first kappa shape index (κ1) is 15.7. The van der Waals surface area contributed by atoms with E-state index in [1.807, 2.05) is 31.5 Å². The number of aliphatic carboxylic acids is 1. The van der Waals surface area contributed by atoms with Crippen molar-refractivity contribution in [2.75, 3.05) is 5.32 Å². The molecule has 8 nitrogen and oxygen atoms in total. The number of rotatable bonds is 6. The van der Waals surface area contributed by atoms with E-state index >= 15 is 0 Å². The van der Waals surface area contributed by atoms with Gasteiger partial charge in [0.15, 0.2) is 5.82 Å². The Hall–Kier alpha value is -2.64. The molecule has 1 amide bonds. The highest BCUT2D eigenvalue weighted by molar-refractivity contribution is 5.89. The van der Waals surface area contributed by atoms with Gasteiger partial charge in [0.25, 0.3) is 0 Å². The average Bonchev–Trinajstić information content (AvgIpc) is 2.95. The van der Waals surface area contributed by atoms with Gasteiger partial charge in [0.1, 0.15) is 6.54 Å². The second-order valence-electron chi connectivity index (χ2n) is 5.27. The lowest BCUT2D eigenvalue weighted by atomic mass is 10.2. The van der Waals surface area contributed by atoms with E-state index in [1.165, 1.54) is 10.9 Å². The Morgan fingerprint density at radius 2 is 2.09 bits per heavy atom. The maximum Gasteiger partial charge on any atom is 0.325 e. The number of anilines is 1. The van der Waals surface area contributed by atoms with Crippen LogP contribution in [0.3, 0.4) is 0 Å². The largest absolute Gasteiger partial charge is 0.480 e. The van der Waals surface area contributed by atoms with E-state index in [-0.39, 0.29) is 24.9 Å². The summed E-state index contributed by atoms with van der Waals surface area (Å²) in [6, 6.07) is 3.45. The van der Waals surface area contributed by atoms with E-state index in [9.17, 15) is 9.59 Å². The number of aromatic nitrogens is 4. The van der Waals surface area contributed by atoms with Crippen molar-refractivity contribution in [2.24, 2.45) is 0 Å². The van der Waals surface area contributed by atoms with Crippen molar-refractivity contribution in [3.05, 3.63) is 29.7 Å². The number of nitrogens with zero attached hydrogens (tertiary/aromatic N) is 4. The molecule has 1 unspecified atom stereocenters. The lowest BCUT2D eigenvalue weighted by molar-refractivity contribution is -0.137. The van der Waals surface area contributed by atoms with Gasteiger partial charge in [-0.3, -0.25) is 19.0 Å². The summed E-state index contributed by atoms with van der Waals surface area (Å²) < 4.78 is 3.07. The summed E-state index contributed by atoms with van der Waals surface area (Å²) in [5, 5.41) is 19.7. The molecule has 22 heavy (non-hydrogen) atoms. The Morgan fingerprint density at radius 1 is 1.36 bits per heavy atom. The molecule has 1 atom stereocenters. The number of nitrogens with one attached hydrogen (secondary N) is 1. The van der Waals surface area contributed by atoms with Crippen LogP contribution >= 0.6 is 0 Å². The van der Waals surface area contributed by atoms with E-state index in [1.54, 1.807) is 6.07 Å². The number of hydrogen-bond acceptors (Lipinski definition) is 4. The Balaban J connectivity index is 1.93. The van der Waals surface area contributed by atoms with Crippen LogP contribution in [0.15, 0.2) is 18.3 Å². The molecule has 2 aromatic rings. The van der Waals surface area contributed by atoms with Gasteiger partial charge < -0.3 is 10.4 Å². The molecule has 0 aliphatic rings. The molecule has 8 heteroatoms. The molecule has 118 valence electrons. The molecule has 2 heterocycles. The zero-order chi connectivity index (χ0) is 16.3. The van der Waals surface area contributed by atoms with Crippen molar-refractivity contribution < 1.29 is 14.7 Å². The van der Waals surface area contributed by atoms with Gasteiger partial charge in [-0.05, 0) is 26.8 Å². The van der Waals surface area contributed by atoms with Crippen LogP contribution in [0, 0.1) is 13.8 Å². The fourth-order valence-electron chi connectivity index (χ4n) is 2.30. The van der Waals surface area contributed by atoms with Gasteiger partial charge in [-0.1, -0.05) is 0 Å². The zero-order valence-electron chi connectivity index (χ0n) is 12.8. The van der Waals surface area contributed by atoms with Crippen LogP contribution in [0.1, 0.15) is 30.8 Å². The lowest BCUT2D eigenvalue weighted by Gasteiger charge is -2.13. The Labute approximate surface area is 127 Å². The Kier molecular flexibility index (Phi) is 4.59. The molecule has 0 bridgehead atoms. The van der Waals surface area contributed by atoms with Crippen molar-refractivity contribution in [1.82, 2.24) is 19.6 Å². The van der Waals surface area contributed by atoms with Crippen LogP contribution in [0.25, 0.3) is 0 Å². The van der Waals surface area contributed by atoms with Crippen molar-refractivity contribution >= 4 is 17.7 Å². The normalized spacial score (nSPS) is 12.1. The molecule has 2 aromatic heterocycles. The third kappa shape index (κ3) is 3.94. The molecule has 0 radical (unpaired) electrons. The number of amides is 1. The van der Waals surface area contributed by atoms with Crippen molar-refractivity contribution in [3.63, 3.8) is 0 Å². The smallest absolute Gasteiger partial charge is 0.325 e. The van der Waals surface area contributed by atoms with Gasteiger partial charge in [-0.25, -0.2) is 0 Å². The highest BCUT2D eigenvalue weighted by Crippen LogP contribution is 2.15. The van der Waals surface area contributed by atoms with Gasteiger partial charge >= 0.3 is 5.97 Å². The van der Waals surface area contributed by atoms with Crippen LogP contribution in [0.4, 0.5) is 5.82 Å². The molecule has 2 N–H and O–H groups in total. The van der Waals surface area contributed by atoms with E-state index in [0.717, 1.165) is 11.4 Å². The summed E-state index contributed by atoms with van der Waals surface area (Å²) in [7, 11) is 0. The lowest BCUT2D eigenvalue weighted by Crippen LogP contribution is -2.19. The quantitative estimate of drug-likeness (QED) is 0.839. The molecule has 0 fully saturated rings. The topological polar surface area (TPSA) is 102 Å². The van der Waals surface area contributed by atoms with E-state index in [0.29, 0.717) is 5.82 Å². The first-order valence-corrected chi connectivity index (χ1v) is 6.93. The average molecular weight is 305 g/mol. The summed E-state index contributed by atoms with van der Waals surface area (Å²) in [5.74, 6) is -0.841. The molecule has 2 rings (SSSR count). The van der Waals surface area contributed by atoms with Gasteiger partial charge in [-0.15, -0.1) is 0 Å². The third-order valence-corrected chi connectivity index (χ3v) is 3.15. The fourth-order valence-corrected chi connectivity index (χ4v) is 2.30. The summed E-state index contributed by atoms with van der Waals surface area (Å²) in [6.07, 6.45) is 1.77. The molecule has 0 aliphatic carbocycles. The molecule has 0 saturated heterocycles. The standard InChI is InChI=1S/C14H19N5O3/c1-9-6-10(2)19(16-9)11(3)7-13(20)15-12-4-5-18(17-12)8-14(21)22/h4-6,11H,7-8H2,1-3H3,(H,21,22)(H,15,17,20). The Morgan fingerprint density at radius 3 is 2.68 bits per heavy atom. The van der Waals surface area contributed by atoms with E-state index in [2.05, 4.69) is 15.5 Å². The summed E-state index contributed by atoms with van der Waals surface area (Å²) in [4.78, 5) is 22.6. The van der Waals surface area contributed by atoms with Gasteiger partial charge in [0, 0.05) is 24.4 Å². The number of carboxylic acid groups (broad SMARTS) is 1. The van der Waals surface area contributed by atoms with Gasteiger partial charge in [-0.2, -0.15) is 10.2 Å². The number of carbonyl (C=O) groups excluding carboxylic acids is 1. The van der Waals surface area contributed by atoms with Crippen LogP contribution in [0.2, 0.25) is 0 Å². The molecule has 0 aromatic carbocycles. The van der Waals surface area contributed by atoms with Crippen LogP contribution in [-0.4, -0.2) is 36.5 Å². The predicted molar refractivity (Wildman–Crippen MR) is 79.5 cm³/mol. The van der Waals surface area contributed by atoms with Crippen molar-refractivity contribution in [2.45, 2.75) is 39.8 Å². The highest BCUT2D eigenvalue weighted by Gasteiger charge is 2.15. The molecular weight excluding hydrogens is 286 g/mol. The van der Waals surface area contributed by atoms with Crippen LogP contribution in [-0.2, 0) is 16.1 Å². The first-order chi connectivity index (χ1) is 10.3. The maximum atomic E-state index is 12.0. The van der Waals surface area contributed by atoms with Crippen LogP contribution in [0.5, 0.6) is 0 Å². The minimum Gasteiger partial charge on any atom is -0.480 e. The first-order valence-electron chi connectivity index (χ1n) is 6.93. The van der Waals surface area contributed by atoms with Crippen molar-refractivity contribution in [3.8, 4) is 0 Å². The predicted octanol–water partition coefficient (Wildman–Crippen LogP) is 1.37. The Bertz CT molecular complexity index is 688. The second-order valence-corrected chi connectivity index (χ2v) is 5.27. The minimum atomic E-state index is -0.987. The molecule has 0 aliphatic heterocycles. The number of carboxylic acids is 1. The number of aryl methyl sites for hydroxylation is 2. The monoisotopic (exact) mass is 305 g/mol. The third-order valence-electron chi connectivity index (χ3n) is 3.15. The van der Waals surface area contributed by atoms with E-state index < -0.39 is 5.97 Å². The summed E-state index contributed by atoms with van der Waals surface area (Å²) >= 11 is 0. The van der Waals surface area contributed by atoms with Crippen molar-refractivity contribution in [1.29, 1.82) is 0 Å². The number of hydrogen-bond donors (Lipinski definition) is 2. The van der Waals surface area contributed by atoms with Gasteiger partial charge in [0.05, 0.1) is 11.7 Å². The van der Waals surface area contributed by atoms with Gasteiger partial charge in [0.2, 0.25) is 5.91 Å². The molecular formula is C14H19N5O3. The molecule has 0 saturated carbocycles. The molecule has 0 spiro atoms. The fraction of sp³-hybridized carbons (Fsp3) is 0.429. The highest BCUT2D eigenvalue weighted by atomic mass is 16.4. The summed E-state index contributed by atoms with van der Waals surface area (Å²) in [6.45, 7) is 5.54. The van der Waals surface area contributed by atoms with E-state index in [4.69, 9.17) is 5.11 Å². The minimum absolute atomic E-state index is 0.0743. The zero-order valence-corrected chi connectivity index (χ0v) is 12.8.